The predicted molar refractivity (Wildman–Crippen MR) is 83.1 cm³/mol. The molecular formula is C17H15F3N2O3. The van der Waals surface area contributed by atoms with Gasteiger partial charge < -0.3 is 14.4 Å². The van der Waals surface area contributed by atoms with Crippen LogP contribution in [0.25, 0.3) is 11.3 Å². The molecule has 0 radical (unpaired) electrons. The van der Waals surface area contributed by atoms with Gasteiger partial charge >= 0.3 is 6.36 Å². The van der Waals surface area contributed by atoms with Gasteiger partial charge in [0.05, 0.1) is 24.5 Å². The number of carbonyl (C=O) groups is 1. The Morgan fingerprint density at radius 3 is 2.56 bits per heavy atom. The summed E-state index contributed by atoms with van der Waals surface area (Å²) in [6, 6.07) is 8.74. The van der Waals surface area contributed by atoms with Crippen LogP contribution in [-0.2, 0) is 4.74 Å². The molecule has 132 valence electrons. The minimum Gasteiger partial charge on any atom is -0.406 e. The molecule has 2 aromatic rings. The van der Waals surface area contributed by atoms with Crippen molar-refractivity contribution in [3.8, 4) is 17.0 Å². The van der Waals surface area contributed by atoms with E-state index in [1.54, 1.807) is 23.1 Å². The van der Waals surface area contributed by atoms with Crippen LogP contribution in [0.5, 0.6) is 5.75 Å². The summed E-state index contributed by atoms with van der Waals surface area (Å²) < 4.78 is 46.0. The molecule has 0 N–H and O–H groups in total. The third-order valence-electron chi connectivity index (χ3n) is 3.67. The first-order valence-electron chi connectivity index (χ1n) is 7.62. The lowest BCUT2D eigenvalue weighted by Crippen LogP contribution is -2.40. The molecule has 1 aromatic heterocycles. The molecule has 5 nitrogen and oxygen atoms in total. The zero-order chi connectivity index (χ0) is 17.9. The number of hydrogen-bond donors (Lipinski definition) is 0. The Kier molecular flexibility index (Phi) is 4.89. The normalized spacial score (nSPS) is 15.1. The summed E-state index contributed by atoms with van der Waals surface area (Å²) >= 11 is 0. The number of benzene rings is 1. The maximum atomic E-state index is 12.3. The maximum Gasteiger partial charge on any atom is 0.573 e. The van der Waals surface area contributed by atoms with Crippen LogP contribution in [0, 0.1) is 0 Å². The first-order valence-corrected chi connectivity index (χ1v) is 7.62. The first-order chi connectivity index (χ1) is 11.9. The number of rotatable bonds is 3. The molecule has 0 spiro atoms. The molecule has 0 aliphatic carbocycles. The molecular weight excluding hydrogens is 337 g/mol. The van der Waals surface area contributed by atoms with Gasteiger partial charge in [-0.1, -0.05) is 12.1 Å². The number of ether oxygens (including phenoxy) is 2. The van der Waals surface area contributed by atoms with Gasteiger partial charge in [-0.05, 0) is 24.3 Å². The highest BCUT2D eigenvalue weighted by atomic mass is 19.4. The van der Waals surface area contributed by atoms with Crippen LogP contribution in [0.2, 0.25) is 0 Å². The maximum absolute atomic E-state index is 12.3. The highest BCUT2D eigenvalue weighted by molar-refractivity contribution is 5.94. The lowest BCUT2D eigenvalue weighted by Gasteiger charge is -2.26. The van der Waals surface area contributed by atoms with Crippen molar-refractivity contribution in [2.45, 2.75) is 6.36 Å². The van der Waals surface area contributed by atoms with Crippen molar-refractivity contribution in [2.24, 2.45) is 0 Å². The van der Waals surface area contributed by atoms with Crippen LogP contribution in [0.15, 0.2) is 42.6 Å². The summed E-state index contributed by atoms with van der Waals surface area (Å²) in [4.78, 5) is 18.2. The molecule has 1 fully saturated rings. The van der Waals surface area contributed by atoms with E-state index in [1.165, 1.54) is 24.4 Å². The van der Waals surface area contributed by atoms with E-state index in [9.17, 15) is 18.0 Å². The SMILES string of the molecule is O=C(c1ccc(-c2cccc(OC(F)(F)F)c2)nc1)N1CCOCC1. The molecule has 1 saturated heterocycles. The number of alkyl halides is 3. The van der Waals surface area contributed by atoms with Crippen LogP contribution in [0.1, 0.15) is 10.4 Å². The van der Waals surface area contributed by atoms with E-state index in [-0.39, 0.29) is 11.7 Å². The predicted octanol–water partition coefficient (Wildman–Crippen LogP) is 3.12. The number of carbonyl (C=O) groups excluding carboxylic acids is 1. The average molecular weight is 352 g/mol. The van der Waals surface area contributed by atoms with E-state index in [2.05, 4.69) is 9.72 Å². The van der Waals surface area contributed by atoms with Crippen molar-refractivity contribution in [1.29, 1.82) is 0 Å². The summed E-state index contributed by atoms with van der Waals surface area (Å²) in [6.45, 7) is 2.06. The van der Waals surface area contributed by atoms with Crippen molar-refractivity contribution >= 4 is 5.91 Å². The Balaban J connectivity index is 1.76. The van der Waals surface area contributed by atoms with Gasteiger partial charge in [0.25, 0.3) is 5.91 Å². The minimum atomic E-state index is -4.75. The summed E-state index contributed by atoms with van der Waals surface area (Å²) in [5.41, 5.74) is 1.34. The van der Waals surface area contributed by atoms with Gasteiger partial charge in [-0.25, -0.2) is 0 Å². The minimum absolute atomic E-state index is 0.142. The van der Waals surface area contributed by atoms with Gasteiger partial charge in [0, 0.05) is 24.8 Å². The molecule has 8 heteroatoms. The van der Waals surface area contributed by atoms with Gasteiger partial charge in [-0.2, -0.15) is 0 Å². The first kappa shape index (κ1) is 17.2. The van der Waals surface area contributed by atoms with E-state index in [0.29, 0.717) is 43.1 Å². The Morgan fingerprint density at radius 1 is 1.16 bits per heavy atom. The van der Waals surface area contributed by atoms with Crippen molar-refractivity contribution < 1.29 is 27.4 Å². The molecule has 2 heterocycles. The molecule has 1 aliphatic rings. The van der Waals surface area contributed by atoms with Crippen LogP contribution < -0.4 is 4.74 Å². The number of aromatic nitrogens is 1. The highest BCUT2D eigenvalue weighted by Gasteiger charge is 2.31. The third-order valence-corrected chi connectivity index (χ3v) is 3.67. The number of hydrogen-bond acceptors (Lipinski definition) is 4. The second-order valence-corrected chi connectivity index (χ2v) is 5.41. The van der Waals surface area contributed by atoms with Crippen LogP contribution >= 0.6 is 0 Å². The Bertz CT molecular complexity index is 742. The van der Waals surface area contributed by atoms with Gasteiger partial charge in [-0.15, -0.1) is 13.2 Å². The van der Waals surface area contributed by atoms with Crippen LogP contribution in [-0.4, -0.2) is 48.5 Å². The molecule has 0 saturated carbocycles. The number of amides is 1. The average Bonchev–Trinajstić information content (AvgIpc) is 2.61. The van der Waals surface area contributed by atoms with E-state index in [0.717, 1.165) is 0 Å². The monoisotopic (exact) mass is 352 g/mol. The van der Waals surface area contributed by atoms with Gasteiger partial charge in [0.1, 0.15) is 5.75 Å². The van der Waals surface area contributed by atoms with Gasteiger partial charge in [-0.3, -0.25) is 9.78 Å². The van der Waals surface area contributed by atoms with Crippen molar-refractivity contribution in [3.63, 3.8) is 0 Å². The van der Waals surface area contributed by atoms with E-state index in [1.807, 2.05) is 0 Å². The van der Waals surface area contributed by atoms with E-state index in [4.69, 9.17) is 4.74 Å². The molecule has 0 unspecified atom stereocenters. The van der Waals surface area contributed by atoms with Crippen molar-refractivity contribution in [2.75, 3.05) is 26.3 Å². The number of morpholine rings is 1. The second kappa shape index (κ2) is 7.10. The molecule has 0 atom stereocenters. The standard InChI is InChI=1S/C17H15F3N2O3/c18-17(19,20)25-14-3-1-2-12(10-14)15-5-4-13(11-21-15)16(23)22-6-8-24-9-7-22/h1-5,10-11H,6-9H2. The number of halogens is 3. The fourth-order valence-electron chi connectivity index (χ4n) is 2.49. The summed E-state index contributed by atoms with van der Waals surface area (Å²) in [5.74, 6) is -0.461. The summed E-state index contributed by atoms with van der Waals surface area (Å²) in [7, 11) is 0. The molecule has 25 heavy (non-hydrogen) atoms. The van der Waals surface area contributed by atoms with Crippen LogP contribution in [0.4, 0.5) is 13.2 Å². The molecule has 0 bridgehead atoms. The Morgan fingerprint density at radius 2 is 1.92 bits per heavy atom. The molecule has 1 aromatic carbocycles. The highest BCUT2D eigenvalue weighted by Crippen LogP contribution is 2.27. The quantitative estimate of drug-likeness (QED) is 0.852. The molecule has 1 amide bonds. The lowest BCUT2D eigenvalue weighted by atomic mass is 10.1. The van der Waals surface area contributed by atoms with Crippen LogP contribution in [0.3, 0.4) is 0 Å². The zero-order valence-electron chi connectivity index (χ0n) is 13.1. The fourth-order valence-corrected chi connectivity index (χ4v) is 2.49. The van der Waals surface area contributed by atoms with E-state index < -0.39 is 6.36 Å². The smallest absolute Gasteiger partial charge is 0.406 e. The lowest BCUT2D eigenvalue weighted by molar-refractivity contribution is -0.274. The topological polar surface area (TPSA) is 51.7 Å². The zero-order valence-corrected chi connectivity index (χ0v) is 13.1. The van der Waals surface area contributed by atoms with Crippen molar-refractivity contribution in [1.82, 2.24) is 9.88 Å². The largest absolute Gasteiger partial charge is 0.573 e. The second-order valence-electron chi connectivity index (χ2n) is 5.41. The summed E-state index contributed by atoms with van der Waals surface area (Å²) in [6.07, 6.45) is -3.33. The Hall–Kier alpha value is -2.61. The van der Waals surface area contributed by atoms with Gasteiger partial charge in [0.15, 0.2) is 0 Å². The third kappa shape index (κ3) is 4.48. The molecule has 1 aliphatic heterocycles. The van der Waals surface area contributed by atoms with E-state index >= 15 is 0 Å². The fraction of sp³-hybridized carbons (Fsp3) is 0.294. The van der Waals surface area contributed by atoms with Crippen molar-refractivity contribution in [3.05, 3.63) is 48.2 Å². The summed E-state index contributed by atoms with van der Waals surface area (Å²) in [5, 5.41) is 0. The number of pyridine rings is 1. The Labute approximate surface area is 142 Å². The number of nitrogens with zero attached hydrogens (tertiary/aromatic N) is 2. The van der Waals surface area contributed by atoms with Gasteiger partial charge in [0.2, 0.25) is 0 Å². The molecule has 3 rings (SSSR count).